The normalized spacial score (nSPS) is 11.5. The van der Waals surface area contributed by atoms with Crippen molar-refractivity contribution >= 4 is 88.6 Å². The summed E-state index contributed by atoms with van der Waals surface area (Å²) in [5.41, 5.74) is 0.465. The smallest absolute Gasteiger partial charge is 0.276 e. The Morgan fingerprint density at radius 1 is 0.695 bits per heavy atom. The first-order valence-electron chi connectivity index (χ1n) is 17.5. The fourth-order valence-corrected chi connectivity index (χ4v) is 8.91. The molecule has 0 aliphatic carbocycles. The molecule has 0 aliphatic heterocycles. The van der Waals surface area contributed by atoms with Gasteiger partial charge in [-0.25, -0.2) is 26.5 Å². The summed E-state index contributed by atoms with van der Waals surface area (Å²) in [6.45, 7) is -0.410. The minimum absolute atomic E-state index is 0.0357. The Bertz CT molecular complexity index is 3020. The van der Waals surface area contributed by atoms with Gasteiger partial charge in [0, 0.05) is 40.7 Å². The van der Waals surface area contributed by atoms with Crippen LogP contribution in [0.1, 0.15) is 26.4 Å². The van der Waals surface area contributed by atoms with Gasteiger partial charge in [-0.2, -0.15) is 5.10 Å². The van der Waals surface area contributed by atoms with Crippen molar-refractivity contribution in [3.8, 4) is 0 Å². The molecule has 0 saturated heterocycles. The molecule has 3 N–H and O–H groups in total. The van der Waals surface area contributed by atoms with E-state index >= 15 is 0 Å². The van der Waals surface area contributed by atoms with E-state index in [-0.39, 0.29) is 65.5 Å². The summed E-state index contributed by atoms with van der Waals surface area (Å²) in [5.74, 6) is -1.31. The molecule has 0 bridgehead atoms. The van der Waals surface area contributed by atoms with E-state index < -0.39 is 38.4 Å². The van der Waals surface area contributed by atoms with Crippen LogP contribution in [0, 0.1) is 0 Å². The quantitative estimate of drug-likeness (QED) is 0.106. The molecule has 0 fully saturated rings. The number of aromatic nitrogens is 3. The molecule has 2 amide bonds. The number of aryl methyl sites for hydroxylation is 1. The van der Waals surface area contributed by atoms with Gasteiger partial charge in [0.2, 0.25) is 0 Å². The second-order valence-corrected chi connectivity index (χ2v) is 17.3. The molecule has 2 heterocycles. The van der Waals surface area contributed by atoms with Gasteiger partial charge in [-0.15, -0.1) is 0 Å². The topological polar surface area (TPSA) is 190 Å². The van der Waals surface area contributed by atoms with Crippen LogP contribution in [0.25, 0.3) is 10.8 Å². The zero-order valence-electron chi connectivity index (χ0n) is 30.7. The van der Waals surface area contributed by atoms with Gasteiger partial charge < -0.3 is 10.6 Å². The Balaban J connectivity index is 1.26. The van der Waals surface area contributed by atoms with Gasteiger partial charge in [0.1, 0.15) is 5.15 Å². The van der Waals surface area contributed by atoms with E-state index in [1.54, 1.807) is 54.6 Å². The van der Waals surface area contributed by atoms with Crippen LogP contribution >= 0.6 is 23.2 Å². The number of hydrogen-bond donors (Lipinski definition) is 3. The van der Waals surface area contributed by atoms with E-state index in [9.17, 15) is 31.2 Å². The Morgan fingerprint density at radius 3 is 2.08 bits per heavy atom. The van der Waals surface area contributed by atoms with E-state index in [1.165, 1.54) is 92.1 Å². The molecule has 14 nitrogen and oxygen atoms in total. The van der Waals surface area contributed by atoms with Crippen molar-refractivity contribution in [1.82, 2.24) is 14.8 Å². The minimum atomic E-state index is -4.47. The molecule has 298 valence electrons. The number of benzene rings is 5. The number of halogens is 2. The monoisotopic (exact) mass is 867 g/mol. The lowest BCUT2D eigenvalue weighted by Crippen LogP contribution is -2.31. The number of carbonyl (C=O) groups excluding carboxylic acids is 2. The van der Waals surface area contributed by atoms with Crippen LogP contribution in [0.5, 0.6) is 0 Å². The van der Waals surface area contributed by atoms with Crippen LogP contribution in [-0.4, -0.2) is 43.4 Å². The largest absolute Gasteiger partial charge is 0.322 e. The van der Waals surface area contributed by atoms with Crippen molar-refractivity contribution in [3.63, 3.8) is 0 Å². The average Bonchev–Trinajstić information content (AvgIpc) is 3.22. The lowest BCUT2D eigenvalue weighted by Gasteiger charge is -2.25. The standard InChI is InChI=1S/C41H31Cl2N7O7S2/c1-49-41(53)36-13-6-5-12-35(36)38(47-49)40(52)45-30-8-7-11-33(22-30)59(56,57)50(32-9-3-2-4-10-32)25-26-20-31(46-39(51)27-14-19-37(43)44-24-27)23-34(21-26)58(54,55)48-29-17-15-28(42)16-18-29/h2-24,48H,25H2,1H3,(H,45,52)(H,46,51). The first-order valence-corrected chi connectivity index (χ1v) is 21.2. The molecule has 7 rings (SSSR count). The summed E-state index contributed by atoms with van der Waals surface area (Å²) in [6, 6.07) is 33.0. The molecule has 0 radical (unpaired) electrons. The van der Waals surface area contributed by atoms with Gasteiger partial charge in [0.05, 0.1) is 33.0 Å². The lowest BCUT2D eigenvalue weighted by atomic mass is 10.1. The highest BCUT2D eigenvalue weighted by molar-refractivity contribution is 7.93. The van der Waals surface area contributed by atoms with Crippen molar-refractivity contribution in [1.29, 1.82) is 0 Å². The predicted molar refractivity (Wildman–Crippen MR) is 227 cm³/mol. The molecular formula is C41H31Cl2N7O7S2. The number of rotatable bonds is 12. The number of pyridine rings is 1. The Morgan fingerprint density at radius 2 is 1.37 bits per heavy atom. The summed E-state index contributed by atoms with van der Waals surface area (Å²) < 4.78 is 61.6. The molecule has 0 unspecified atom stereocenters. The summed E-state index contributed by atoms with van der Waals surface area (Å²) >= 11 is 11.9. The second-order valence-electron chi connectivity index (χ2n) is 13.0. The highest BCUT2D eigenvalue weighted by Crippen LogP contribution is 2.30. The van der Waals surface area contributed by atoms with E-state index in [2.05, 4.69) is 25.4 Å². The molecule has 0 saturated carbocycles. The van der Waals surface area contributed by atoms with Gasteiger partial charge in [0.25, 0.3) is 37.4 Å². The number of hydrogen-bond acceptors (Lipinski definition) is 9. The first kappa shape index (κ1) is 40.6. The van der Waals surface area contributed by atoms with Gasteiger partial charge in [-0.05, 0) is 96.6 Å². The summed E-state index contributed by atoms with van der Waals surface area (Å²) in [7, 11) is -7.38. The lowest BCUT2D eigenvalue weighted by molar-refractivity contribution is 0.101. The van der Waals surface area contributed by atoms with Crippen molar-refractivity contribution < 1.29 is 26.4 Å². The molecule has 7 aromatic rings. The van der Waals surface area contributed by atoms with Crippen molar-refractivity contribution in [2.45, 2.75) is 16.3 Å². The van der Waals surface area contributed by atoms with E-state index in [0.717, 1.165) is 8.99 Å². The van der Waals surface area contributed by atoms with E-state index in [0.29, 0.717) is 10.4 Å². The highest BCUT2D eigenvalue weighted by atomic mass is 35.5. The van der Waals surface area contributed by atoms with Gasteiger partial charge in [-0.1, -0.05) is 65.7 Å². The maximum atomic E-state index is 14.7. The van der Waals surface area contributed by atoms with Crippen LogP contribution in [-0.2, 0) is 33.6 Å². The molecule has 0 spiro atoms. The van der Waals surface area contributed by atoms with Crippen molar-refractivity contribution in [3.05, 3.63) is 177 Å². The molecule has 0 aliphatic rings. The maximum Gasteiger partial charge on any atom is 0.276 e. The number of fused-ring (bicyclic) bond motifs is 1. The Kier molecular flexibility index (Phi) is 11.5. The second kappa shape index (κ2) is 16.7. The number of sulfonamides is 2. The molecule has 2 aromatic heterocycles. The average molecular weight is 869 g/mol. The predicted octanol–water partition coefficient (Wildman–Crippen LogP) is 7.34. The zero-order valence-corrected chi connectivity index (χ0v) is 33.9. The van der Waals surface area contributed by atoms with Crippen molar-refractivity contribution in [2.75, 3.05) is 19.7 Å². The SMILES string of the molecule is Cn1nc(C(=O)Nc2cccc(S(=O)(=O)N(Cc3cc(NC(=O)c4ccc(Cl)nc4)cc(S(=O)(=O)Nc4ccc(Cl)cc4)c3)c3ccccc3)c2)c2ccccc2c1=O. The zero-order chi connectivity index (χ0) is 41.9. The van der Waals surface area contributed by atoms with Gasteiger partial charge >= 0.3 is 0 Å². The highest BCUT2D eigenvalue weighted by Gasteiger charge is 2.28. The van der Waals surface area contributed by atoms with Crippen LogP contribution in [0.3, 0.4) is 0 Å². The first-order chi connectivity index (χ1) is 28.2. The van der Waals surface area contributed by atoms with E-state index in [1.807, 2.05) is 0 Å². The van der Waals surface area contributed by atoms with Crippen molar-refractivity contribution in [2.24, 2.45) is 7.05 Å². The third-order valence-electron chi connectivity index (χ3n) is 8.84. The third kappa shape index (κ3) is 9.10. The Labute approximate surface area is 348 Å². The number of nitrogens with one attached hydrogen (secondary N) is 3. The van der Waals surface area contributed by atoms with Gasteiger partial charge in [0.15, 0.2) is 5.69 Å². The molecular weight excluding hydrogens is 838 g/mol. The molecule has 18 heteroatoms. The summed E-state index contributed by atoms with van der Waals surface area (Å²) in [6.07, 6.45) is 1.25. The maximum absolute atomic E-state index is 14.7. The van der Waals surface area contributed by atoms with Gasteiger partial charge in [-0.3, -0.25) is 23.4 Å². The molecule has 0 atom stereocenters. The third-order valence-corrected chi connectivity index (χ3v) is 12.4. The Hall–Kier alpha value is -6.59. The van der Waals surface area contributed by atoms with Crippen LogP contribution < -0.4 is 25.2 Å². The summed E-state index contributed by atoms with van der Waals surface area (Å²) in [4.78, 5) is 42.9. The molecule has 5 aromatic carbocycles. The number of nitrogens with zero attached hydrogens (tertiary/aromatic N) is 4. The number of anilines is 4. The number of para-hydroxylation sites is 1. The fraction of sp³-hybridized carbons (Fsp3) is 0.0488. The van der Waals surface area contributed by atoms with Crippen LogP contribution in [0.2, 0.25) is 10.2 Å². The van der Waals surface area contributed by atoms with Crippen LogP contribution in [0.15, 0.2) is 154 Å². The number of amides is 2. The molecule has 59 heavy (non-hydrogen) atoms. The number of carbonyl (C=O) groups is 2. The van der Waals surface area contributed by atoms with E-state index in [4.69, 9.17) is 23.2 Å². The van der Waals surface area contributed by atoms with Crippen LogP contribution in [0.4, 0.5) is 22.7 Å². The fourth-order valence-electron chi connectivity index (χ4n) is 6.02. The minimum Gasteiger partial charge on any atom is -0.322 e. The summed E-state index contributed by atoms with van der Waals surface area (Å²) in [5, 5.41) is 10.7.